The van der Waals surface area contributed by atoms with Crippen molar-refractivity contribution in [3.63, 3.8) is 0 Å². The molecule has 0 aliphatic rings. The minimum absolute atomic E-state index is 0.202. The average molecular weight is 185 g/mol. The van der Waals surface area contributed by atoms with E-state index in [1.807, 2.05) is 26.8 Å². The van der Waals surface area contributed by atoms with Gasteiger partial charge in [0, 0.05) is 6.20 Å². The first kappa shape index (κ1) is 10.2. The number of hydrogen-bond acceptors (Lipinski definition) is 2. The van der Waals surface area contributed by atoms with Crippen LogP contribution in [0.1, 0.15) is 32.0 Å². The van der Waals surface area contributed by atoms with Crippen molar-refractivity contribution in [2.75, 3.05) is 0 Å². The Labute approximate surface area is 83.8 Å². The number of hydrogen-bond donors (Lipinski definition) is 0. The second kappa shape index (κ2) is 3.47. The fourth-order valence-electron chi connectivity index (χ4n) is 1.21. The van der Waals surface area contributed by atoms with E-state index >= 15 is 0 Å². The number of pyridine rings is 1. The van der Waals surface area contributed by atoms with Gasteiger partial charge in [0.2, 0.25) is 5.69 Å². The zero-order chi connectivity index (χ0) is 10.8. The van der Waals surface area contributed by atoms with Crippen LogP contribution in [-0.4, -0.2) is 4.98 Å². The van der Waals surface area contributed by atoms with Gasteiger partial charge in [-0.2, -0.15) is 5.26 Å². The molecular formula is C11H11N3. The Hall–Kier alpha value is -1.87. The van der Waals surface area contributed by atoms with Crippen LogP contribution in [0.15, 0.2) is 12.3 Å². The van der Waals surface area contributed by atoms with Gasteiger partial charge < -0.3 is 0 Å². The van der Waals surface area contributed by atoms with Crippen LogP contribution in [0, 0.1) is 17.9 Å². The Balaban J connectivity index is 3.49. The number of nitriles is 1. The van der Waals surface area contributed by atoms with Crippen LogP contribution in [-0.2, 0) is 5.41 Å². The molecule has 0 saturated heterocycles. The zero-order valence-electron chi connectivity index (χ0n) is 8.50. The molecular weight excluding hydrogens is 174 g/mol. The molecule has 0 atom stereocenters. The third-order valence-electron chi connectivity index (χ3n) is 1.87. The summed E-state index contributed by atoms with van der Waals surface area (Å²) >= 11 is 0. The lowest BCUT2D eigenvalue weighted by molar-refractivity contribution is 0.572. The molecule has 3 nitrogen and oxygen atoms in total. The van der Waals surface area contributed by atoms with Crippen molar-refractivity contribution in [2.24, 2.45) is 0 Å². The number of nitrogens with zero attached hydrogens (tertiary/aromatic N) is 3. The highest BCUT2D eigenvalue weighted by Crippen LogP contribution is 2.31. The van der Waals surface area contributed by atoms with Crippen molar-refractivity contribution in [2.45, 2.75) is 26.2 Å². The molecule has 0 spiro atoms. The van der Waals surface area contributed by atoms with Gasteiger partial charge >= 0.3 is 0 Å². The zero-order valence-corrected chi connectivity index (χ0v) is 8.50. The Bertz CT molecular complexity index is 427. The molecule has 1 heterocycles. The second-order valence-corrected chi connectivity index (χ2v) is 4.03. The van der Waals surface area contributed by atoms with E-state index in [2.05, 4.69) is 9.83 Å². The fraction of sp³-hybridized carbons (Fsp3) is 0.364. The van der Waals surface area contributed by atoms with Gasteiger partial charge in [0.1, 0.15) is 0 Å². The monoisotopic (exact) mass is 185 g/mol. The van der Waals surface area contributed by atoms with E-state index in [0.717, 1.165) is 0 Å². The molecule has 0 aliphatic heterocycles. The van der Waals surface area contributed by atoms with Crippen LogP contribution in [0.25, 0.3) is 4.85 Å². The normalized spacial score (nSPS) is 10.4. The van der Waals surface area contributed by atoms with Gasteiger partial charge in [-0.05, 0) is 11.5 Å². The summed E-state index contributed by atoms with van der Waals surface area (Å²) in [5, 5.41) is 8.82. The van der Waals surface area contributed by atoms with Crippen molar-refractivity contribution in [3.8, 4) is 6.07 Å². The summed E-state index contributed by atoms with van der Waals surface area (Å²) in [6.45, 7) is 13.0. The first-order valence-corrected chi connectivity index (χ1v) is 4.27. The van der Waals surface area contributed by atoms with Gasteiger partial charge in [-0.1, -0.05) is 20.8 Å². The first-order valence-electron chi connectivity index (χ1n) is 4.27. The maximum Gasteiger partial charge on any atom is 0.226 e. The molecule has 0 N–H and O–H groups in total. The van der Waals surface area contributed by atoms with E-state index < -0.39 is 0 Å². The fourth-order valence-corrected chi connectivity index (χ4v) is 1.21. The van der Waals surface area contributed by atoms with Gasteiger partial charge in [-0.15, -0.1) is 0 Å². The lowest BCUT2D eigenvalue weighted by atomic mass is 9.89. The molecule has 0 saturated carbocycles. The molecule has 70 valence electrons. The minimum Gasteiger partial charge on any atom is -0.272 e. The van der Waals surface area contributed by atoms with Crippen LogP contribution in [0.2, 0.25) is 0 Å². The quantitative estimate of drug-likeness (QED) is 0.583. The summed E-state index contributed by atoms with van der Waals surface area (Å²) in [6.07, 6.45) is 1.58. The molecule has 0 aliphatic carbocycles. The summed E-state index contributed by atoms with van der Waals surface area (Å²) in [6, 6.07) is 3.58. The van der Waals surface area contributed by atoms with E-state index in [0.29, 0.717) is 16.9 Å². The van der Waals surface area contributed by atoms with Crippen LogP contribution >= 0.6 is 0 Å². The molecule has 1 aromatic rings. The molecule has 0 bridgehead atoms. The summed E-state index contributed by atoms with van der Waals surface area (Å²) < 4.78 is 0. The third-order valence-corrected chi connectivity index (χ3v) is 1.87. The minimum atomic E-state index is -0.202. The molecule has 3 heteroatoms. The number of rotatable bonds is 0. The van der Waals surface area contributed by atoms with Gasteiger partial charge in [0.25, 0.3) is 0 Å². The van der Waals surface area contributed by atoms with E-state index in [9.17, 15) is 0 Å². The van der Waals surface area contributed by atoms with Gasteiger partial charge in [0.05, 0.1) is 23.9 Å². The highest BCUT2D eigenvalue weighted by molar-refractivity contribution is 5.62. The van der Waals surface area contributed by atoms with Crippen molar-refractivity contribution < 1.29 is 0 Å². The van der Waals surface area contributed by atoms with Crippen LogP contribution in [0.3, 0.4) is 0 Å². The lowest BCUT2D eigenvalue weighted by Crippen LogP contribution is -2.13. The smallest absolute Gasteiger partial charge is 0.226 e. The highest BCUT2D eigenvalue weighted by Gasteiger charge is 2.21. The SMILES string of the molecule is [C-]#[N+]c1c(C#N)ccnc1C(C)(C)C. The Kier molecular flexibility index (Phi) is 2.53. The average Bonchev–Trinajstić information content (AvgIpc) is 2.15. The molecule has 1 aromatic heterocycles. The molecule has 0 unspecified atom stereocenters. The van der Waals surface area contributed by atoms with Crippen molar-refractivity contribution in [1.29, 1.82) is 5.26 Å². The first-order chi connectivity index (χ1) is 6.50. The van der Waals surface area contributed by atoms with Gasteiger partial charge in [-0.25, -0.2) is 4.85 Å². The highest BCUT2D eigenvalue weighted by atomic mass is 14.8. The summed E-state index contributed by atoms with van der Waals surface area (Å²) in [7, 11) is 0. The maximum absolute atomic E-state index is 8.82. The van der Waals surface area contributed by atoms with Crippen LogP contribution in [0.5, 0.6) is 0 Å². The Morgan fingerprint density at radius 1 is 1.50 bits per heavy atom. The summed E-state index contributed by atoms with van der Waals surface area (Å²) in [4.78, 5) is 7.54. The third kappa shape index (κ3) is 1.72. The topological polar surface area (TPSA) is 41.0 Å². The predicted molar refractivity (Wildman–Crippen MR) is 53.9 cm³/mol. The largest absolute Gasteiger partial charge is 0.272 e. The molecule has 14 heavy (non-hydrogen) atoms. The predicted octanol–water partition coefficient (Wildman–Crippen LogP) is 2.80. The van der Waals surface area contributed by atoms with Crippen molar-refractivity contribution >= 4 is 5.69 Å². The molecule has 1 rings (SSSR count). The number of aromatic nitrogens is 1. The van der Waals surface area contributed by atoms with E-state index in [1.54, 1.807) is 12.3 Å². The van der Waals surface area contributed by atoms with Crippen LogP contribution < -0.4 is 0 Å². The van der Waals surface area contributed by atoms with Gasteiger partial charge in [0.15, 0.2) is 0 Å². The standard InChI is InChI=1S/C11H11N3/c1-11(2,3)10-9(13-4)8(7-12)5-6-14-10/h5-6H,1-3H3. The molecule has 0 aromatic carbocycles. The Morgan fingerprint density at radius 3 is 2.57 bits per heavy atom. The molecule has 0 radical (unpaired) electrons. The van der Waals surface area contributed by atoms with Crippen molar-refractivity contribution in [1.82, 2.24) is 4.98 Å². The maximum atomic E-state index is 8.82. The van der Waals surface area contributed by atoms with Crippen LogP contribution in [0.4, 0.5) is 5.69 Å². The van der Waals surface area contributed by atoms with E-state index in [4.69, 9.17) is 11.8 Å². The van der Waals surface area contributed by atoms with Gasteiger partial charge in [-0.3, -0.25) is 4.98 Å². The van der Waals surface area contributed by atoms with Crippen molar-refractivity contribution in [3.05, 3.63) is 34.9 Å². The second-order valence-electron chi connectivity index (χ2n) is 4.03. The van der Waals surface area contributed by atoms with E-state index in [1.165, 1.54) is 0 Å². The Morgan fingerprint density at radius 2 is 2.14 bits per heavy atom. The summed E-state index contributed by atoms with van der Waals surface area (Å²) in [5.41, 5.74) is 1.27. The van der Waals surface area contributed by atoms with E-state index in [-0.39, 0.29) is 5.41 Å². The summed E-state index contributed by atoms with van der Waals surface area (Å²) in [5.74, 6) is 0. The molecule has 0 amide bonds. The lowest BCUT2D eigenvalue weighted by Gasteiger charge is -2.19. The molecule has 0 fully saturated rings.